The summed E-state index contributed by atoms with van der Waals surface area (Å²) in [5.41, 5.74) is 0.665. The summed E-state index contributed by atoms with van der Waals surface area (Å²) in [6, 6.07) is 12.4. The van der Waals surface area contributed by atoms with Gasteiger partial charge in [0.1, 0.15) is 11.5 Å². The van der Waals surface area contributed by atoms with Crippen LogP contribution in [0.15, 0.2) is 59.7 Å². The van der Waals surface area contributed by atoms with Gasteiger partial charge in [0.2, 0.25) is 5.78 Å². The molecule has 9 nitrogen and oxygen atoms in total. The number of rotatable bonds is 7. The molecule has 2 aromatic carbocycles. The van der Waals surface area contributed by atoms with Crippen LogP contribution in [0.2, 0.25) is 0 Å². The number of hydrogen-bond donors (Lipinski definition) is 1. The van der Waals surface area contributed by atoms with Crippen molar-refractivity contribution in [1.29, 1.82) is 0 Å². The van der Waals surface area contributed by atoms with E-state index in [1.807, 2.05) is 17.5 Å². The van der Waals surface area contributed by atoms with Crippen molar-refractivity contribution >= 4 is 46.7 Å². The Morgan fingerprint density at radius 3 is 2.54 bits per heavy atom. The third-order valence-corrected chi connectivity index (χ3v) is 5.77. The summed E-state index contributed by atoms with van der Waals surface area (Å²) < 4.78 is 20.6. The molecule has 3 aromatic rings. The average molecular weight is 493 g/mol. The Labute approximate surface area is 203 Å². The van der Waals surface area contributed by atoms with Gasteiger partial charge in [-0.15, -0.1) is 11.3 Å². The van der Waals surface area contributed by atoms with Crippen LogP contribution in [-0.2, 0) is 14.3 Å². The summed E-state index contributed by atoms with van der Waals surface area (Å²) >= 11 is 1.48. The molecule has 0 fully saturated rings. The number of esters is 2. The van der Waals surface area contributed by atoms with E-state index in [1.165, 1.54) is 49.8 Å². The van der Waals surface area contributed by atoms with Crippen molar-refractivity contribution in [2.45, 2.75) is 0 Å². The number of ether oxygens (including phenoxy) is 4. The molecule has 1 aliphatic heterocycles. The van der Waals surface area contributed by atoms with E-state index in [2.05, 4.69) is 10.1 Å². The zero-order valence-electron chi connectivity index (χ0n) is 18.7. The molecular formula is C25H19NO8S. The summed E-state index contributed by atoms with van der Waals surface area (Å²) in [5, 5.41) is 4.44. The van der Waals surface area contributed by atoms with E-state index < -0.39 is 24.5 Å². The number of hydrogen-bond acceptors (Lipinski definition) is 9. The molecule has 35 heavy (non-hydrogen) atoms. The molecule has 0 unspecified atom stereocenters. The Bertz CT molecular complexity index is 1340. The van der Waals surface area contributed by atoms with Crippen molar-refractivity contribution in [1.82, 2.24) is 0 Å². The zero-order valence-corrected chi connectivity index (χ0v) is 19.5. The lowest BCUT2D eigenvalue weighted by molar-refractivity contribution is -0.118. The molecule has 0 aliphatic carbocycles. The minimum atomic E-state index is -0.690. The summed E-state index contributed by atoms with van der Waals surface area (Å²) in [7, 11) is 2.42. The van der Waals surface area contributed by atoms with Gasteiger partial charge >= 0.3 is 11.9 Å². The molecule has 1 N–H and O–H groups in total. The first-order valence-electron chi connectivity index (χ1n) is 10.2. The van der Waals surface area contributed by atoms with Crippen LogP contribution in [0.1, 0.15) is 36.0 Å². The quantitative estimate of drug-likeness (QED) is 0.388. The molecular weight excluding hydrogens is 474 g/mol. The maximum Gasteiger partial charge on any atom is 0.339 e. The fourth-order valence-electron chi connectivity index (χ4n) is 3.28. The highest BCUT2D eigenvalue weighted by Gasteiger charge is 2.28. The van der Waals surface area contributed by atoms with Crippen molar-refractivity contribution < 1.29 is 38.1 Å². The lowest BCUT2D eigenvalue weighted by atomic mass is 10.1. The highest BCUT2D eigenvalue weighted by molar-refractivity contribution is 7.10. The lowest BCUT2D eigenvalue weighted by Crippen LogP contribution is -2.22. The monoisotopic (exact) mass is 493 g/mol. The normalized spacial score (nSPS) is 13.1. The van der Waals surface area contributed by atoms with Gasteiger partial charge in [0.05, 0.1) is 36.6 Å². The number of amides is 1. The standard InChI is InChI=1S/C25H19NO8S/c1-31-24(29)14-5-7-17(25(30)32-2)19(10-14)26-22(27)13-33-15-6-8-18-20(11-15)34-21(23(18)28)12-16-4-3-9-35-16/h3-12H,13H2,1-2H3,(H,26,27). The van der Waals surface area contributed by atoms with E-state index in [0.29, 0.717) is 17.1 Å². The van der Waals surface area contributed by atoms with Gasteiger partial charge in [0.25, 0.3) is 5.91 Å². The summed E-state index contributed by atoms with van der Waals surface area (Å²) in [6.45, 7) is -0.409. The summed E-state index contributed by atoms with van der Waals surface area (Å²) in [4.78, 5) is 49.8. The second-order valence-corrected chi connectivity index (χ2v) is 8.17. The smallest absolute Gasteiger partial charge is 0.339 e. The number of methoxy groups -OCH3 is 2. The van der Waals surface area contributed by atoms with E-state index in [0.717, 1.165) is 4.88 Å². The molecule has 0 atom stereocenters. The predicted molar refractivity (Wildman–Crippen MR) is 127 cm³/mol. The maximum atomic E-state index is 12.5. The first-order valence-corrected chi connectivity index (χ1v) is 11.1. The van der Waals surface area contributed by atoms with Gasteiger partial charge in [-0.2, -0.15) is 0 Å². The summed E-state index contributed by atoms with van der Waals surface area (Å²) in [5.74, 6) is -1.31. The van der Waals surface area contributed by atoms with Crippen LogP contribution in [0.25, 0.3) is 6.08 Å². The number of Topliss-reactive ketones (excluding diaryl/α,β-unsaturated/α-hetero) is 1. The number of nitrogens with one attached hydrogen (secondary N) is 1. The maximum absolute atomic E-state index is 12.5. The van der Waals surface area contributed by atoms with Crippen LogP contribution in [0.4, 0.5) is 5.69 Å². The van der Waals surface area contributed by atoms with Crippen LogP contribution >= 0.6 is 11.3 Å². The Morgan fingerprint density at radius 1 is 1.03 bits per heavy atom. The van der Waals surface area contributed by atoms with E-state index in [1.54, 1.807) is 18.2 Å². The molecule has 10 heteroatoms. The SMILES string of the molecule is COC(=O)c1ccc(C(=O)OC)c(NC(=O)COc2ccc3c(c2)OC(=Cc2cccs2)C3=O)c1. The molecule has 178 valence electrons. The number of carbonyl (C=O) groups excluding carboxylic acids is 4. The fourth-order valence-corrected chi connectivity index (χ4v) is 3.92. The van der Waals surface area contributed by atoms with Crippen molar-refractivity contribution in [2.24, 2.45) is 0 Å². The Kier molecular flexibility index (Phi) is 6.93. The topological polar surface area (TPSA) is 117 Å². The molecule has 1 amide bonds. The minimum absolute atomic E-state index is 0.0583. The predicted octanol–water partition coefficient (Wildman–Crippen LogP) is 3.96. The molecule has 1 aromatic heterocycles. The molecule has 0 saturated carbocycles. The average Bonchev–Trinajstić information content (AvgIpc) is 3.49. The number of carbonyl (C=O) groups is 4. The van der Waals surface area contributed by atoms with Crippen molar-refractivity contribution in [2.75, 3.05) is 26.1 Å². The van der Waals surface area contributed by atoms with Crippen LogP contribution in [-0.4, -0.2) is 44.5 Å². The number of ketones is 1. The van der Waals surface area contributed by atoms with E-state index >= 15 is 0 Å². The minimum Gasteiger partial charge on any atom is -0.484 e. The first kappa shape index (κ1) is 23.7. The van der Waals surface area contributed by atoms with Gasteiger partial charge in [-0.25, -0.2) is 9.59 Å². The molecule has 0 spiro atoms. The number of anilines is 1. The lowest BCUT2D eigenvalue weighted by Gasteiger charge is -2.12. The van der Waals surface area contributed by atoms with Crippen molar-refractivity contribution in [3.63, 3.8) is 0 Å². The van der Waals surface area contributed by atoms with Crippen LogP contribution in [0.5, 0.6) is 11.5 Å². The number of fused-ring (bicyclic) bond motifs is 1. The van der Waals surface area contributed by atoms with Crippen molar-refractivity contribution in [3.8, 4) is 11.5 Å². The molecule has 0 bridgehead atoms. The third-order valence-electron chi connectivity index (χ3n) is 4.95. The second-order valence-electron chi connectivity index (χ2n) is 7.19. The molecule has 0 saturated heterocycles. The Hall–Kier alpha value is -4.44. The third kappa shape index (κ3) is 5.22. The van der Waals surface area contributed by atoms with Gasteiger partial charge < -0.3 is 24.3 Å². The highest BCUT2D eigenvalue weighted by atomic mass is 32.1. The number of allylic oxidation sites excluding steroid dienone is 1. The molecule has 0 radical (unpaired) electrons. The van der Waals surface area contributed by atoms with Gasteiger partial charge in [0, 0.05) is 17.0 Å². The van der Waals surface area contributed by atoms with E-state index in [4.69, 9.17) is 14.2 Å². The van der Waals surface area contributed by atoms with E-state index in [9.17, 15) is 19.2 Å². The first-order chi connectivity index (χ1) is 16.9. The van der Waals surface area contributed by atoms with Crippen molar-refractivity contribution in [3.05, 3.63) is 81.2 Å². The Balaban J connectivity index is 1.44. The molecule has 4 rings (SSSR count). The largest absolute Gasteiger partial charge is 0.484 e. The number of thiophene rings is 1. The number of benzene rings is 2. The summed E-state index contributed by atoms with van der Waals surface area (Å²) in [6.07, 6.45) is 1.67. The van der Waals surface area contributed by atoms with Gasteiger partial charge in [0.15, 0.2) is 12.4 Å². The fraction of sp³-hybridized carbons (Fsp3) is 0.120. The van der Waals surface area contributed by atoms with Gasteiger partial charge in [-0.3, -0.25) is 9.59 Å². The van der Waals surface area contributed by atoms with Gasteiger partial charge in [-0.05, 0) is 41.8 Å². The van der Waals surface area contributed by atoms with E-state index in [-0.39, 0.29) is 28.4 Å². The Morgan fingerprint density at radius 2 is 1.83 bits per heavy atom. The van der Waals surface area contributed by atoms with Crippen LogP contribution in [0.3, 0.4) is 0 Å². The van der Waals surface area contributed by atoms with Crippen LogP contribution in [0, 0.1) is 0 Å². The second kappa shape index (κ2) is 10.2. The highest BCUT2D eigenvalue weighted by Crippen LogP contribution is 2.35. The molecule has 1 aliphatic rings. The van der Waals surface area contributed by atoms with Gasteiger partial charge in [-0.1, -0.05) is 6.07 Å². The molecule has 2 heterocycles. The van der Waals surface area contributed by atoms with Crippen LogP contribution < -0.4 is 14.8 Å². The zero-order chi connectivity index (χ0) is 24.9.